The van der Waals surface area contributed by atoms with E-state index in [2.05, 4.69) is 67.6 Å². The second kappa shape index (κ2) is 11.7. The van der Waals surface area contributed by atoms with Crippen molar-refractivity contribution in [2.45, 2.75) is 124 Å². The molecule has 0 bridgehead atoms. The Morgan fingerprint density at radius 1 is 1.17 bits per heavy atom. The summed E-state index contributed by atoms with van der Waals surface area (Å²) in [5.74, 6) is 0.972. The number of allylic oxidation sites excluding steroid dienone is 2. The van der Waals surface area contributed by atoms with Crippen molar-refractivity contribution < 1.29 is 19.1 Å². The zero-order chi connectivity index (χ0) is 30.3. The van der Waals surface area contributed by atoms with E-state index in [-0.39, 0.29) is 28.3 Å². The molecule has 4 rings (SSSR count). The van der Waals surface area contributed by atoms with E-state index >= 15 is 0 Å². The van der Waals surface area contributed by atoms with Crippen molar-refractivity contribution >= 4 is 14.3 Å². The van der Waals surface area contributed by atoms with Crippen molar-refractivity contribution in [3.63, 3.8) is 0 Å². The molecule has 0 aliphatic heterocycles. The molecule has 0 saturated carbocycles. The van der Waals surface area contributed by atoms with Crippen LogP contribution in [0.4, 0.5) is 0 Å². The zero-order valence-corrected chi connectivity index (χ0v) is 28.0. The number of aromatic nitrogens is 1. The van der Waals surface area contributed by atoms with E-state index in [4.69, 9.17) is 14.1 Å². The number of aliphatic hydroxyl groups excluding tert-OH is 1. The molecule has 0 radical (unpaired) electrons. The van der Waals surface area contributed by atoms with Gasteiger partial charge in [-0.2, -0.15) is 0 Å². The van der Waals surface area contributed by atoms with E-state index in [9.17, 15) is 9.90 Å². The molecule has 2 aromatic rings. The number of nitrogens with zero attached hydrogens (tertiary/aromatic N) is 1. The summed E-state index contributed by atoms with van der Waals surface area (Å²) in [6.45, 7) is 22.6. The van der Waals surface area contributed by atoms with E-state index in [0.29, 0.717) is 12.2 Å². The molecule has 6 heteroatoms. The summed E-state index contributed by atoms with van der Waals surface area (Å²) in [6.07, 6.45) is 6.36. The first-order chi connectivity index (χ1) is 19.1. The number of hydrogen-bond acceptors (Lipinski definition) is 5. The third kappa shape index (κ3) is 6.49. The first kappa shape index (κ1) is 31.5. The maximum atomic E-state index is 12.3. The summed E-state index contributed by atoms with van der Waals surface area (Å²) in [6, 6.07) is 7.21. The van der Waals surface area contributed by atoms with Gasteiger partial charge in [0, 0.05) is 22.9 Å². The Morgan fingerprint density at radius 3 is 2.41 bits per heavy atom. The first-order valence-electron chi connectivity index (χ1n) is 15.5. The highest BCUT2D eigenvalue weighted by Gasteiger charge is 2.43. The maximum Gasteiger partial charge on any atom is 0.338 e. The third-order valence-corrected chi connectivity index (χ3v) is 13.8. The second-order valence-electron chi connectivity index (χ2n) is 14.6. The fourth-order valence-electron chi connectivity index (χ4n) is 5.99. The molecule has 0 unspecified atom stereocenters. The Balaban J connectivity index is 1.89. The molecule has 224 valence electrons. The van der Waals surface area contributed by atoms with E-state index in [1.807, 2.05) is 12.1 Å². The first-order valence-corrected chi connectivity index (χ1v) is 18.4. The number of fused-ring (bicyclic) bond motifs is 1. The molecule has 1 heterocycles. The summed E-state index contributed by atoms with van der Waals surface area (Å²) < 4.78 is 12.2. The van der Waals surface area contributed by atoms with Gasteiger partial charge in [0.15, 0.2) is 0 Å². The van der Waals surface area contributed by atoms with E-state index in [1.54, 1.807) is 19.1 Å². The number of benzene rings is 1. The summed E-state index contributed by atoms with van der Waals surface area (Å²) >= 11 is 0. The summed E-state index contributed by atoms with van der Waals surface area (Å²) in [4.78, 5) is 17.6. The highest BCUT2D eigenvalue weighted by molar-refractivity contribution is 6.74. The lowest BCUT2D eigenvalue weighted by Gasteiger charge is -2.40. The van der Waals surface area contributed by atoms with E-state index in [1.165, 1.54) is 16.8 Å². The number of carbonyl (C=O) groups excluding carboxylic acids is 1. The molecule has 2 aliphatic rings. The Kier molecular flexibility index (Phi) is 8.97. The molecule has 41 heavy (non-hydrogen) atoms. The predicted molar refractivity (Wildman–Crippen MR) is 169 cm³/mol. The van der Waals surface area contributed by atoms with E-state index < -0.39 is 14.4 Å². The molecule has 0 fully saturated rings. The van der Waals surface area contributed by atoms with Gasteiger partial charge in [-0.3, -0.25) is 4.98 Å². The van der Waals surface area contributed by atoms with Gasteiger partial charge in [-0.15, -0.1) is 0 Å². The number of hydrogen-bond donors (Lipinski definition) is 1. The van der Waals surface area contributed by atoms with Gasteiger partial charge in [-0.1, -0.05) is 60.6 Å². The van der Waals surface area contributed by atoms with E-state index in [0.717, 1.165) is 54.7 Å². The van der Waals surface area contributed by atoms with Gasteiger partial charge in [-0.05, 0) is 103 Å². The standard InChI is InChI=1S/C35H51NO4Si/c1-11-39-33(38)24-17-15-23(16-18-24)32(37)30-29(26-13-12-14-28(26)40-41(9,10)34(4,5)6)25-19-20-35(7,8)21-27(25)36-31(30)22(2)3/h14-18,22,26,32,37H,11-13,19-21H2,1-10H3/t26-,32-/m1/s1. The molecule has 5 nitrogen and oxygen atoms in total. The molecule has 1 aromatic heterocycles. The molecule has 0 saturated heterocycles. The topological polar surface area (TPSA) is 68.7 Å². The van der Waals surface area contributed by atoms with Gasteiger partial charge in [0.05, 0.1) is 17.9 Å². The molecular formula is C35H51NO4Si. The van der Waals surface area contributed by atoms with Crippen LogP contribution in [-0.2, 0) is 22.0 Å². The molecule has 0 amide bonds. The van der Waals surface area contributed by atoms with Crippen molar-refractivity contribution in [2.24, 2.45) is 5.41 Å². The largest absolute Gasteiger partial charge is 0.546 e. The van der Waals surface area contributed by atoms with Gasteiger partial charge >= 0.3 is 5.97 Å². The Bertz CT molecular complexity index is 1300. The lowest BCUT2D eigenvalue weighted by atomic mass is 9.71. The Hall–Kier alpha value is -2.44. The molecular weight excluding hydrogens is 526 g/mol. The number of ether oxygens (including phenoxy) is 1. The van der Waals surface area contributed by atoms with Crippen LogP contribution >= 0.6 is 0 Å². The van der Waals surface area contributed by atoms with Crippen molar-refractivity contribution in [1.82, 2.24) is 4.98 Å². The number of aliphatic hydroxyl groups is 1. The van der Waals surface area contributed by atoms with Crippen LogP contribution < -0.4 is 0 Å². The van der Waals surface area contributed by atoms with Gasteiger partial charge in [0.1, 0.15) is 6.10 Å². The van der Waals surface area contributed by atoms with Crippen LogP contribution in [0.1, 0.15) is 137 Å². The highest BCUT2D eigenvalue weighted by atomic mass is 28.4. The van der Waals surface area contributed by atoms with Crippen LogP contribution in [0.25, 0.3) is 0 Å². The van der Waals surface area contributed by atoms with Crippen LogP contribution in [-0.4, -0.2) is 31.0 Å². The minimum absolute atomic E-state index is 0.0920. The quantitative estimate of drug-likeness (QED) is 0.251. The smallest absolute Gasteiger partial charge is 0.338 e. The van der Waals surface area contributed by atoms with Gasteiger partial charge < -0.3 is 14.3 Å². The number of esters is 1. The molecule has 1 N–H and O–H groups in total. The van der Waals surface area contributed by atoms with Gasteiger partial charge in [0.25, 0.3) is 0 Å². The number of rotatable bonds is 8. The van der Waals surface area contributed by atoms with Crippen LogP contribution in [0, 0.1) is 5.41 Å². The van der Waals surface area contributed by atoms with Crippen molar-refractivity contribution in [1.29, 1.82) is 0 Å². The van der Waals surface area contributed by atoms with Crippen molar-refractivity contribution in [3.8, 4) is 0 Å². The fourth-order valence-corrected chi connectivity index (χ4v) is 7.11. The van der Waals surface area contributed by atoms with Gasteiger partial charge in [-0.25, -0.2) is 4.79 Å². The van der Waals surface area contributed by atoms with Crippen LogP contribution in [0.3, 0.4) is 0 Å². The van der Waals surface area contributed by atoms with Crippen LogP contribution in [0.2, 0.25) is 18.1 Å². The Labute approximate surface area is 248 Å². The maximum absolute atomic E-state index is 12.3. The minimum atomic E-state index is -2.06. The van der Waals surface area contributed by atoms with Crippen molar-refractivity contribution in [2.75, 3.05) is 6.61 Å². The van der Waals surface area contributed by atoms with Crippen LogP contribution in [0.5, 0.6) is 0 Å². The highest BCUT2D eigenvalue weighted by Crippen LogP contribution is 2.49. The lowest BCUT2D eigenvalue weighted by Crippen LogP contribution is -2.41. The van der Waals surface area contributed by atoms with Crippen LogP contribution in [0.15, 0.2) is 36.1 Å². The molecule has 0 spiro atoms. The predicted octanol–water partition coefficient (Wildman–Crippen LogP) is 8.76. The summed E-state index contributed by atoms with van der Waals surface area (Å²) in [5.41, 5.74) is 7.07. The number of carbonyl (C=O) groups is 1. The fraction of sp³-hybridized carbons (Fsp3) is 0.600. The zero-order valence-electron chi connectivity index (χ0n) is 27.0. The second-order valence-corrected chi connectivity index (χ2v) is 19.3. The average Bonchev–Trinajstić information content (AvgIpc) is 3.33. The van der Waals surface area contributed by atoms with Crippen molar-refractivity contribution in [3.05, 3.63) is 75.3 Å². The van der Waals surface area contributed by atoms with Gasteiger partial charge in [0.2, 0.25) is 8.32 Å². The summed E-state index contributed by atoms with van der Waals surface area (Å²) in [7, 11) is -2.06. The normalized spacial score (nSPS) is 19.5. The third-order valence-electron chi connectivity index (χ3n) is 9.42. The monoisotopic (exact) mass is 577 g/mol. The molecule has 2 aliphatic carbocycles. The Morgan fingerprint density at radius 2 is 1.83 bits per heavy atom. The molecule has 1 aromatic carbocycles. The SMILES string of the molecule is CCOC(=O)c1ccc([C@@H](O)c2c(C(C)C)nc3c(c2[C@@H]2CCC=C2O[Si](C)(C)C(C)(C)C)CCC(C)(C)C3)cc1. The lowest BCUT2D eigenvalue weighted by molar-refractivity contribution is 0.0526. The average molecular weight is 578 g/mol. The minimum Gasteiger partial charge on any atom is -0.546 e. The number of pyridine rings is 1. The molecule has 2 atom stereocenters. The summed E-state index contributed by atoms with van der Waals surface area (Å²) in [5, 5.41) is 12.2.